The van der Waals surface area contributed by atoms with Gasteiger partial charge >= 0.3 is 0 Å². The van der Waals surface area contributed by atoms with Gasteiger partial charge in [0.2, 0.25) is 0 Å². The fraction of sp³-hybridized carbons (Fsp3) is 0.273. The topological polar surface area (TPSA) is 29.5 Å². The molecule has 0 heterocycles. The first kappa shape index (κ1) is 11.3. The Bertz CT molecular complexity index is 282. The third-order valence-corrected chi connectivity index (χ3v) is 2.10. The Labute approximate surface area is 92.3 Å². The van der Waals surface area contributed by atoms with Crippen molar-refractivity contribution in [1.29, 1.82) is 0 Å². The average Bonchev–Trinajstić information content (AvgIpc) is 2.20. The molecule has 0 aliphatic carbocycles. The lowest BCUT2D eigenvalue weighted by atomic mass is 10.1. The van der Waals surface area contributed by atoms with Gasteiger partial charge in [-0.2, -0.15) is 0 Å². The fourth-order valence-electron chi connectivity index (χ4n) is 1.14. The van der Waals surface area contributed by atoms with Crippen molar-refractivity contribution in [2.24, 2.45) is 0 Å². The molecule has 3 heteroatoms. The maximum Gasteiger partial charge on any atom is 0.143 e. The molecule has 1 N–H and O–H groups in total. The van der Waals surface area contributed by atoms with Gasteiger partial charge in [0.1, 0.15) is 11.3 Å². The summed E-state index contributed by atoms with van der Waals surface area (Å²) < 4.78 is 5.22. The summed E-state index contributed by atoms with van der Waals surface area (Å²) >= 11 is 3.17. The van der Waals surface area contributed by atoms with Crippen LogP contribution in [-0.2, 0) is 0 Å². The van der Waals surface area contributed by atoms with Crippen molar-refractivity contribution in [3.05, 3.63) is 42.5 Å². The highest BCUT2D eigenvalue weighted by molar-refractivity contribution is 9.09. The number of hydrogen-bond acceptors (Lipinski definition) is 2. The Kier molecular flexibility index (Phi) is 4.70. The van der Waals surface area contributed by atoms with E-state index in [2.05, 4.69) is 22.5 Å². The molecule has 0 bridgehead atoms. The van der Waals surface area contributed by atoms with Crippen molar-refractivity contribution in [1.82, 2.24) is 0 Å². The summed E-state index contributed by atoms with van der Waals surface area (Å²) in [5, 5.41) is 9.62. The predicted molar refractivity (Wildman–Crippen MR) is 60.6 cm³/mol. The van der Waals surface area contributed by atoms with Gasteiger partial charge in [-0.15, -0.1) is 6.58 Å². The SMILES string of the molecule is C=CCC(O)c1ccc(OCBr)cc1. The van der Waals surface area contributed by atoms with Gasteiger partial charge in [0.05, 0.1) is 6.10 Å². The highest BCUT2D eigenvalue weighted by Crippen LogP contribution is 2.20. The van der Waals surface area contributed by atoms with E-state index in [1.807, 2.05) is 24.3 Å². The number of aliphatic hydroxyl groups excluding tert-OH is 1. The Morgan fingerprint density at radius 1 is 1.43 bits per heavy atom. The molecule has 1 unspecified atom stereocenters. The van der Waals surface area contributed by atoms with Crippen LogP contribution in [0.25, 0.3) is 0 Å². The van der Waals surface area contributed by atoms with Crippen LogP contribution in [0.1, 0.15) is 18.1 Å². The van der Waals surface area contributed by atoms with Gasteiger partial charge in [-0.1, -0.05) is 18.2 Å². The third kappa shape index (κ3) is 3.16. The molecule has 1 atom stereocenters. The van der Waals surface area contributed by atoms with Crippen LogP contribution in [0, 0.1) is 0 Å². The van der Waals surface area contributed by atoms with Gasteiger partial charge in [0.15, 0.2) is 0 Å². The van der Waals surface area contributed by atoms with E-state index in [1.165, 1.54) is 0 Å². The van der Waals surface area contributed by atoms with Crippen molar-refractivity contribution < 1.29 is 9.84 Å². The summed E-state index contributed by atoms with van der Waals surface area (Å²) in [5.41, 5.74) is 1.36. The smallest absolute Gasteiger partial charge is 0.143 e. The molecular weight excluding hydrogens is 244 g/mol. The Hall–Kier alpha value is -0.800. The minimum atomic E-state index is -0.467. The molecule has 0 spiro atoms. The number of hydrogen-bond donors (Lipinski definition) is 1. The zero-order chi connectivity index (χ0) is 10.4. The van der Waals surface area contributed by atoms with Crippen molar-refractivity contribution in [2.45, 2.75) is 12.5 Å². The first-order chi connectivity index (χ1) is 6.77. The molecule has 0 aliphatic heterocycles. The van der Waals surface area contributed by atoms with E-state index in [-0.39, 0.29) is 0 Å². The zero-order valence-electron chi connectivity index (χ0n) is 7.82. The third-order valence-electron chi connectivity index (χ3n) is 1.88. The second-order valence-electron chi connectivity index (χ2n) is 2.86. The Morgan fingerprint density at radius 2 is 2.07 bits per heavy atom. The van der Waals surface area contributed by atoms with Gasteiger partial charge < -0.3 is 9.84 Å². The van der Waals surface area contributed by atoms with E-state index in [4.69, 9.17) is 4.74 Å². The van der Waals surface area contributed by atoms with Gasteiger partial charge in [-0.05, 0) is 40.0 Å². The normalized spacial score (nSPS) is 12.1. The van der Waals surface area contributed by atoms with Crippen LogP contribution < -0.4 is 4.74 Å². The molecule has 0 aliphatic rings. The van der Waals surface area contributed by atoms with Gasteiger partial charge in [-0.3, -0.25) is 0 Å². The van der Waals surface area contributed by atoms with Crippen LogP contribution in [0.2, 0.25) is 0 Å². The van der Waals surface area contributed by atoms with E-state index in [0.717, 1.165) is 11.3 Å². The lowest BCUT2D eigenvalue weighted by Gasteiger charge is -2.09. The highest BCUT2D eigenvalue weighted by Gasteiger charge is 2.04. The molecule has 1 rings (SSSR count). The van der Waals surface area contributed by atoms with Crippen molar-refractivity contribution >= 4 is 15.9 Å². The average molecular weight is 257 g/mol. The van der Waals surface area contributed by atoms with Crippen LogP contribution in [0.4, 0.5) is 0 Å². The minimum absolute atomic E-state index is 0.467. The number of aliphatic hydroxyl groups is 1. The van der Waals surface area contributed by atoms with Crippen molar-refractivity contribution in [3.63, 3.8) is 0 Å². The number of halogens is 1. The molecule has 0 saturated heterocycles. The molecule has 0 aromatic heterocycles. The van der Waals surface area contributed by atoms with Gasteiger partial charge in [-0.25, -0.2) is 0 Å². The lowest BCUT2D eigenvalue weighted by Crippen LogP contribution is -1.95. The highest BCUT2D eigenvalue weighted by atomic mass is 79.9. The zero-order valence-corrected chi connectivity index (χ0v) is 9.40. The van der Waals surface area contributed by atoms with Crippen LogP contribution in [0.3, 0.4) is 0 Å². The molecule has 14 heavy (non-hydrogen) atoms. The number of rotatable bonds is 5. The maximum absolute atomic E-state index is 9.62. The molecule has 2 nitrogen and oxygen atoms in total. The van der Waals surface area contributed by atoms with Crippen molar-refractivity contribution in [3.8, 4) is 5.75 Å². The molecule has 0 amide bonds. The summed E-state index contributed by atoms with van der Waals surface area (Å²) in [6.45, 7) is 3.58. The summed E-state index contributed by atoms with van der Waals surface area (Å²) in [6.07, 6.45) is 1.80. The maximum atomic E-state index is 9.62. The standard InChI is InChI=1S/C11H13BrO2/c1-2-3-11(13)9-4-6-10(7-5-9)14-8-12/h2,4-7,11,13H,1,3,8H2. The van der Waals surface area contributed by atoms with E-state index < -0.39 is 6.10 Å². The molecule has 76 valence electrons. The second-order valence-corrected chi connectivity index (χ2v) is 3.32. The van der Waals surface area contributed by atoms with Crippen LogP contribution in [0.15, 0.2) is 36.9 Å². The molecular formula is C11H13BrO2. The first-order valence-corrected chi connectivity index (χ1v) is 5.47. The quantitative estimate of drug-likeness (QED) is 0.649. The fourth-order valence-corrected chi connectivity index (χ4v) is 1.41. The monoisotopic (exact) mass is 256 g/mol. The first-order valence-electron chi connectivity index (χ1n) is 4.35. The van der Waals surface area contributed by atoms with Crippen LogP contribution >= 0.6 is 15.9 Å². The molecule has 0 fully saturated rings. The summed E-state index contributed by atoms with van der Waals surface area (Å²) in [5.74, 6) is 0.788. The number of alkyl halides is 1. The van der Waals surface area contributed by atoms with E-state index >= 15 is 0 Å². The van der Waals surface area contributed by atoms with Gasteiger partial charge in [0, 0.05) is 0 Å². The van der Waals surface area contributed by atoms with Crippen molar-refractivity contribution in [2.75, 3.05) is 5.52 Å². The summed E-state index contributed by atoms with van der Waals surface area (Å²) in [4.78, 5) is 0. The minimum Gasteiger partial charge on any atom is -0.482 e. The number of benzene rings is 1. The predicted octanol–water partition coefficient (Wildman–Crippen LogP) is 3.03. The molecule has 1 aromatic rings. The Balaban J connectivity index is 2.67. The van der Waals surface area contributed by atoms with Gasteiger partial charge in [0.25, 0.3) is 0 Å². The largest absolute Gasteiger partial charge is 0.482 e. The van der Waals surface area contributed by atoms with E-state index in [9.17, 15) is 5.11 Å². The lowest BCUT2D eigenvalue weighted by molar-refractivity contribution is 0.181. The van der Waals surface area contributed by atoms with Crippen LogP contribution in [-0.4, -0.2) is 10.6 Å². The Morgan fingerprint density at radius 3 is 2.57 bits per heavy atom. The second kappa shape index (κ2) is 5.83. The summed E-state index contributed by atoms with van der Waals surface area (Å²) in [6, 6.07) is 7.38. The molecule has 1 aromatic carbocycles. The molecule has 0 saturated carbocycles. The molecule has 0 radical (unpaired) electrons. The van der Waals surface area contributed by atoms with Crippen LogP contribution in [0.5, 0.6) is 5.75 Å². The van der Waals surface area contributed by atoms with E-state index in [0.29, 0.717) is 11.9 Å². The number of ether oxygens (including phenoxy) is 1. The van der Waals surface area contributed by atoms with E-state index in [1.54, 1.807) is 6.08 Å². The summed E-state index contributed by atoms with van der Waals surface area (Å²) in [7, 11) is 0.